The quantitative estimate of drug-likeness (QED) is 0.862. The van der Waals surface area contributed by atoms with Crippen molar-refractivity contribution in [3.05, 3.63) is 23.3 Å². The summed E-state index contributed by atoms with van der Waals surface area (Å²) < 4.78 is 5.17. The van der Waals surface area contributed by atoms with Gasteiger partial charge in [-0.2, -0.15) is 0 Å². The number of ether oxygens (including phenoxy) is 1. The summed E-state index contributed by atoms with van der Waals surface area (Å²) in [6.45, 7) is 4.01. The van der Waals surface area contributed by atoms with Crippen LogP contribution in [0.5, 0.6) is 11.5 Å². The molecule has 18 heavy (non-hydrogen) atoms. The summed E-state index contributed by atoms with van der Waals surface area (Å²) in [4.78, 5) is 11.4. The lowest BCUT2D eigenvalue weighted by Crippen LogP contribution is -2.20. The van der Waals surface area contributed by atoms with Crippen LogP contribution in [0.2, 0.25) is 0 Å². The van der Waals surface area contributed by atoms with Crippen molar-refractivity contribution in [2.45, 2.75) is 38.0 Å². The third-order valence-corrected chi connectivity index (χ3v) is 3.64. The molecule has 2 N–H and O–H groups in total. The van der Waals surface area contributed by atoms with Crippen molar-refractivity contribution < 1.29 is 19.7 Å². The molecule has 0 saturated heterocycles. The molecule has 2 rings (SSSR count). The molecule has 0 bridgehead atoms. The van der Waals surface area contributed by atoms with Gasteiger partial charge in [0.1, 0.15) is 0 Å². The fourth-order valence-electron chi connectivity index (χ4n) is 2.26. The molecule has 1 saturated carbocycles. The lowest BCUT2D eigenvalue weighted by Gasteiger charge is -2.18. The Morgan fingerprint density at radius 1 is 1.39 bits per heavy atom. The molecule has 0 amide bonds. The molecular weight excluding hydrogens is 232 g/mol. The second-order valence-electron chi connectivity index (χ2n) is 5.16. The number of phenols is 1. The molecule has 0 radical (unpaired) electrons. The monoisotopic (exact) mass is 250 g/mol. The van der Waals surface area contributed by atoms with E-state index in [1.165, 1.54) is 7.11 Å². The molecule has 0 atom stereocenters. The SMILES string of the molecule is COc1c(O)cc(C(C)C)cc1C1(C(=O)O)CC1. The van der Waals surface area contributed by atoms with Crippen LogP contribution < -0.4 is 4.74 Å². The molecule has 1 aromatic carbocycles. The predicted octanol–water partition coefficient (Wildman–Crippen LogP) is 2.64. The van der Waals surface area contributed by atoms with Crippen LogP contribution in [0, 0.1) is 0 Å². The Balaban J connectivity index is 2.61. The number of carboxylic acid groups (broad SMARTS) is 1. The van der Waals surface area contributed by atoms with Gasteiger partial charge in [-0.25, -0.2) is 0 Å². The van der Waals surface area contributed by atoms with Crippen molar-refractivity contribution in [2.75, 3.05) is 7.11 Å². The van der Waals surface area contributed by atoms with Gasteiger partial charge in [0.05, 0.1) is 12.5 Å². The summed E-state index contributed by atoms with van der Waals surface area (Å²) in [6.07, 6.45) is 1.19. The minimum Gasteiger partial charge on any atom is -0.504 e. The number of aromatic hydroxyl groups is 1. The molecule has 1 fully saturated rings. The van der Waals surface area contributed by atoms with Crippen molar-refractivity contribution in [3.8, 4) is 11.5 Å². The molecule has 0 aliphatic heterocycles. The zero-order chi connectivity index (χ0) is 13.5. The van der Waals surface area contributed by atoms with E-state index in [2.05, 4.69) is 0 Å². The fraction of sp³-hybridized carbons (Fsp3) is 0.500. The number of benzene rings is 1. The van der Waals surface area contributed by atoms with Crippen LogP contribution in [-0.2, 0) is 10.2 Å². The number of phenolic OH excluding ortho intramolecular Hbond substituents is 1. The third-order valence-electron chi connectivity index (χ3n) is 3.64. The lowest BCUT2D eigenvalue weighted by molar-refractivity contribution is -0.140. The van der Waals surface area contributed by atoms with Crippen LogP contribution >= 0.6 is 0 Å². The molecule has 1 aromatic rings. The second-order valence-corrected chi connectivity index (χ2v) is 5.16. The highest BCUT2D eigenvalue weighted by atomic mass is 16.5. The minimum absolute atomic E-state index is 0.0197. The molecule has 1 aliphatic rings. The number of hydrogen-bond acceptors (Lipinski definition) is 3. The van der Waals surface area contributed by atoms with Gasteiger partial charge in [0.25, 0.3) is 0 Å². The van der Waals surface area contributed by atoms with Crippen molar-refractivity contribution >= 4 is 5.97 Å². The summed E-state index contributed by atoms with van der Waals surface area (Å²) in [7, 11) is 1.45. The highest BCUT2D eigenvalue weighted by Crippen LogP contribution is 2.54. The average Bonchev–Trinajstić information content (AvgIpc) is 3.08. The third kappa shape index (κ3) is 1.82. The predicted molar refractivity (Wildman–Crippen MR) is 67.3 cm³/mol. The van der Waals surface area contributed by atoms with E-state index in [-0.39, 0.29) is 11.7 Å². The standard InChI is InChI=1S/C14H18O4/c1-8(2)9-6-10(12(18-3)11(15)7-9)14(4-5-14)13(16)17/h6-8,15H,4-5H2,1-3H3,(H,16,17). The number of rotatable bonds is 4. The van der Waals surface area contributed by atoms with E-state index in [0.29, 0.717) is 24.2 Å². The van der Waals surface area contributed by atoms with Crippen LogP contribution in [-0.4, -0.2) is 23.3 Å². The number of methoxy groups -OCH3 is 1. The van der Waals surface area contributed by atoms with Crippen molar-refractivity contribution in [3.63, 3.8) is 0 Å². The zero-order valence-electron chi connectivity index (χ0n) is 10.9. The van der Waals surface area contributed by atoms with Crippen molar-refractivity contribution in [1.29, 1.82) is 0 Å². The Bertz CT molecular complexity index is 487. The van der Waals surface area contributed by atoms with Gasteiger partial charge in [-0.1, -0.05) is 19.9 Å². The van der Waals surface area contributed by atoms with Gasteiger partial charge in [-0.05, 0) is 30.4 Å². The molecule has 98 valence electrons. The first kappa shape index (κ1) is 12.7. The summed E-state index contributed by atoms with van der Waals surface area (Å²) >= 11 is 0. The van der Waals surface area contributed by atoms with Crippen LogP contribution in [0.1, 0.15) is 43.7 Å². The Morgan fingerprint density at radius 3 is 2.39 bits per heavy atom. The molecular formula is C14H18O4. The molecule has 0 spiro atoms. The first-order valence-corrected chi connectivity index (χ1v) is 6.07. The summed E-state index contributed by atoms with van der Waals surface area (Å²) in [5.41, 5.74) is 0.658. The van der Waals surface area contributed by atoms with Crippen LogP contribution in [0.4, 0.5) is 0 Å². The van der Waals surface area contributed by atoms with E-state index in [1.807, 2.05) is 19.9 Å². The lowest BCUT2D eigenvalue weighted by atomic mass is 9.90. The van der Waals surface area contributed by atoms with Gasteiger partial charge in [0.2, 0.25) is 0 Å². The molecule has 1 aliphatic carbocycles. The van der Waals surface area contributed by atoms with Gasteiger partial charge in [0, 0.05) is 5.56 Å². The highest BCUT2D eigenvalue weighted by Gasteiger charge is 2.54. The van der Waals surface area contributed by atoms with E-state index in [0.717, 1.165) is 5.56 Å². The Morgan fingerprint density at radius 2 is 2.00 bits per heavy atom. The first-order chi connectivity index (χ1) is 8.42. The van der Waals surface area contributed by atoms with E-state index < -0.39 is 11.4 Å². The second kappa shape index (κ2) is 4.19. The highest BCUT2D eigenvalue weighted by molar-refractivity contribution is 5.86. The molecule has 0 aromatic heterocycles. The molecule has 4 heteroatoms. The summed E-state index contributed by atoms with van der Waals surface area (Å²) in [6, 6.07) is 3.50. The Kier molecular flexibility index (Phi) is 2.97. The van der Waals surface area contributed by atoms with Crippen LogP contribution in [0.3, 0.4) is 0 Å². The molecule has 0 heterocycles. The molecule has 4 nitrogen and oxygen atoms in total. The maximum Gasteiger partial charge on any atom is 0.314 e. The van der Waals surface area contributed by atoms with Crippen LogP contribution in [0.15, 0.2) is 12.1 Å². The van der Waals surface area contributed by atoms with E-state index in [4.69, 9.17) is 4.74 Å². The smallest absolute Gasteiger partial charge is 0.314 e. The number of hydrogen-bond donors (Lipinski definition) is 2. The number of carbonyl (C=O) groups is 1. The van der Waals surface area contributed by atoms with E-state index >= 15 is 0 Å². The number of carboxylic acids is 1. The summed E-state index contributed by atoms with van der Waals surface area (Å²) in [5, 5.41) is 19.3. The fourth-order valence-corrected chi connectivity index (χ4v) is 2.26. The topological polar surface area (TPSA) is 66.8 Å². The van der Waals surface area contributed by atoms with Crippen LogP contribution in [0.25, 0.3) is 0 Å². The van der Waals surface area contributed by atoms with Gasteiger partial charge in [-0.15, -0.1) is 0 Å². The largest absolute Gasteiger partial charge is 0.504 e. The normalized spacial score (nSPS) is 16.7. The average molecular weight is 250 g/mol. The maximum atomic E-state index is 11.4. The first-order valence-electron chi connectivity index (χ1n) is 6.07. The van der Waals surface area contributed by atoms with E-state index in [9.17, 15) is 15.0 Å². The van der Waals surface area contributed by atoms with Crippen molar-refractivity contribution in [2.24, 2.45) is 0 Å². The van der Waals surface area contributed by atoms with E-state index in [1.54, 1.807) is 6.07 Å². The maximum absolute atomic E-state index is 11.4. The van der Waals surface area contributed by atoms with Gasteiger partial charge < -0.3 is 14.9 Å². The number of aliphatic carboxylic acids is 1. The Hall–Kier alpha value is -1.71. The minimum atomic E-state index is -0.867. The van der Waals surface area contributed by atoms with Gasteiger partial charge >= 0.3 is 5.97 Å². The van der Waals surface area contributed by atoms with Gasteiger partial charge in [-0.3, -0.25) is 4.79 Å². The summed E-state index contributed by atoms with van der Waals surface area (Å²) in [5.74, 6) is -0.309. The van der Waals surface area contributed by atoms with Gasteiger partial charge in [0.15, 0.2) is 11.5 Å². The zero-order valence-corrected chi connectivity index (χ0v) is 10.9. The van der Waals surface area contributed by atoms with Crippen molar-refractivity contribution in [1.82, 2.24) is 0 Å². The Labute approximate surface area is 106 Å². The molecule has 0 unspecified atom stereocenters.